The SMILES string of the molecule is Cc1cc(N(C)C(=O)OC(C)(C)C)cc(Cl)n1. The lowest BCUT2D eigenvalue weighted by Crippen LogP contribution is -2.34. The van der Waals surface area contributed by atoms with Crippen LogP contribution in [0.1, 0.15) is 26.5 Å². The summed E-state index contributed by atoms with van der Waals surface area (Å²) in [5, 5.41) is 0.357. The van der Waals surface area contributed by atoms with Gasteiger partial charge in [0.25, 0.3) is 0 Å². The molecule has 1 amide bonds. The number of hydrogen-bond donors (Lipinski definition) is 0. The van der Waals surface area contributed by atoms with Crippen LogP contribution in [0.4, 0.5) is 10.5 Å². The first-order chi connectivity index (χ1) is 7.69. The molecule has 0 bridgehead atoms. The molecule has 1 rings (SSSR count). The fourth-order valence-corrected chi connectivity index (χ4v) is 1.49. The lowest BCUT2D eigenvalue weighted by Gasteiger charge is -2.24. The van der Waals surface area contributed by atoms with Gasteiger partial charge in [-0.2, -0.15) is 0 Å². The molecule has 17 heavy (non-hydrogen) atoms. The fourth-order valence-electron chi connectivity index (χ4n) is 1.24. The lowest BCUT2D eigenvalue weighted by atomic mass is 10.2. The summed E-state index contributed by atoms with van der Waals surface area (Å²) in [7, 11) is 1.64. The minimum absolute atomic E-state index is 0.357. The van der Waals surface area contributed by atoms with Crippen LogP contribution in [0.15, 0.2) is 12.1 Å². The molecule has 5 heteroatoms. The van der Waals surface area contributed by atoms with Gasteiger partial charge in [0.1, 0.15) is 10.8 Å². The zero-order valence-electron chi connectivity index (χ0n) is 10.7. The van der Waals surface area contributed by atoms with Crippen molar-refractivity contribution >= 4 is 23.4 Å². The highest BCUT2D eigenvalue weighted by molar-refractivity contribution is 6.29. The summed E-state index contributed by atoms with van der Waals surface area (Å²) in [6.07, 6.45) is -0.417. The fraction of sp³-hybridized carbons (Fsp3) is 0.500. The molecule has 1 aromatic heterocycles. The standard InChI is InChI=1S/C12H17ClN2O2/c1-8-6-9(7-10(13)14-8)15(5)11(16)17-12(2,3)4/h6-7H,1-5H3. The molecule has 0 N–H and O–H groups in total. The second kappa shape index (κ2) is 4.92. The van der Waals surface area contributed by atoms with E-state index in [9.17, 15) is 4.79 Å². The van der Waals surface area contributed by atoms with Gasteiger partial charge in [-0.05, 0) is 39.8 Å². The summed E-state index contributed by atoms with van der Waals surface area (Å²) in [4.78, 5) is 17.3. The maximum absolute atomic E-state index is 11.8. The van der Waals surface area contributed by atoms with Gasteiger partial charge in [-0.15, -0.1) is 0 Å². The number of rotatable bonds is 1. The normalized spacial score (nSPS) is 11.2. The summed E-state index contributed by atoms with van der Waals surface area (Å²) < 4.78 is 5.26. The van der Waals surface area contributed by atoms with E-state index < -0.39 is 11.7 Å². The Labute approximate surface area is 107 Å². The number of hydrogen-bond acceptors (Lipinski definition) is 3. The zero-order valence-corrected chi connectivity index (χ0v) is 11.5. The van der Waals surface area contributed by atoms with Crippen LogP contribution in [-0.4, -0.2) is 23.7 Å². The molecule has 1 heterocycles. The summed E-state index contributed by atoms with van der Waals surface area (Å²) in [5.41, 5.74) is 0.900. The molecule has 0 aromatic carbocycles. The number of amides is 1. The van der Waals surface area contributed by atoms with Crippen molar-refractivity contribution in [1.82, 2.24) is 4.98 Å². The minimum Gasteiger partial charge on any atom is -0.443 e. The highest BCUT2D eigenvalue weighted by atomic mass is 35.5. The van der Waals surface area contributed by atoms with Crippen LogP contribution in [-0.2, 0) is 4.74 Å². The van der Waals surface area contributed by atoms with E-state index in [-0.39, 0.29) is 0 Å². The second-order valence-corrected chi connectivity index (χ2v) is 5.22. The summed E-state index contributed by atoms with van der Waals surface area (Å²) in [5.74, 6) is 0. The van der Waals surface area contributed by atoms with Crippen LogP contribution < -0.4 is 4.90 Å². The maximum Gasteiger partial charge on any atom is 0.414 e. The van der Waals surface area contributed by atoms with Crippen LogP contribution in [0.2, 0.25) is 5.15 Å². The number of halogens is 1. The van der Waals surface area contributed by atoms with Gasteiger partial charge in [-0.1, -0.05) is 11.6 Å². The number of carbonyl (C=O) groups is 1. The molecular formula is C12H17ClN2O2. The number of carbonyl (C=O) groups excluding carboxylic acids is 1. The molecule has 0 saturated heterocycles. The number of pyridine rings is 1. The van der Waals surface area contributed by atoms with E-state index in [4.69, 9.17) is 16.3 Å². The van der Waals surface area contributed by atoms with Gasteiger partial charge in [-0.3, -0.25) is 4.90 Å². The van der Waals surface area contributed by atoms with Crippen LogP contribution in [0.5, 0.6) is 0 Å². The molecule has 0 saturated carbocycles. The first-order valence-electron chi connectivity index (χ1n) is 5.30. The van der Waals surface area contributed by atoms with E-state index in [0.717, 1.165) is 5.69 Å². The van der Waals surface area contributed by atoms with Crippen molar-refractivity contribution in [2.24, 2.45) is 0 Å². The highest BCUT2D eigenvalue weighted by Gasteiger charge is 2.20. The summed E-state index contributed by atoms with van der Waals surface area (Å²) in [6.45, 7) is 7.29. The third-order valence-corrected chi connectivity index (χ3v) is 2.16. The van der Waals surface area contributed by atoms with Gasteiger partial charge in [0.15, 0.2) is 0 Å². The third kappa shape index (κ3) is 4.23. The zero-order chi connectivity index (χ0) is 13.2. The van der Waals surface area contributed by atoms with E-state index in [1.54, 1.807) is 19.2 Å². The minimum atomic E-state index is -0.517. The number of aromatic nitrogens is 1. The van der Waals surface area contributed by atoms with Crippen molar-refractivity contribution in [3.63, 3.8) is 0 Å². The summed E-state index contributed by atoms with van der Waals surface area (Å²) in [6, 6.07) is 3.40. The van der Waals surface area contributed by atoms with Gasteiger partial charge >= 0.3 is 6.09 Å². The average molecular weight is 257 g/mol. The lowest BCUT2D eigenvalue weighted by molar-refractivity contribution is 0.0589. The summed E-state index contributed by atoms with van der Waals surface area (Å²) >= 11 is 5.84. The third-order valence-electron chi connectivity index (χ3n) is 1.96. The topological polar surface area (TPSA) is 42.4 Å². The Bertz CT molecular complexity index is 407. The molecule has 0 fully saturated rings. The molecule has 0 radical (unpaired) electrons. The van der Waals surface area contributed by atoms with Crippen LogP contribution in [0.3, 0.4) is 0 Å². The van der Waals surface area contributed by atoms with Crippen molar-refractivity contribution < 1.29 is 9.53 Å². The van der Waals surface area contributed by atoms with Gasteiger partial charge < -0.3 is 4.74 Å². The molecule has 0 unspecified atom stereocenters. The molecule has 0 atom stereocenters. The monoisotopic (exact) mass is 256 g/mol. The molecule has 4 nitrogen and oxygen atoms in total. The number of ether oxygens (including phenoxy) is 1. The molecule has 94 valence electrons. The Morgan fingerprint density at radius 1 is 1.41 bits per heavy atom. The van der Waals surface area contributed by atoms with Crippen LogP contribution in [0.25, 0.3) is 0 Å². The van der Waals surface area contributed by atoms with Crippen molar-refractivity contribution in [2.75, 3.05) is 11.9 Å². The molecule has 0 spiro atoms. The molecule has 1 aromatic rings. The predicted molar refractivity (Wildman–Crippen MR) is 68.6 cm³/mol. The first-order valence-corrected chi connectivity index (χ1v) is 5.68. The predicted octanol–water partition coefficient (Wildman–Crippen LogP) is 3.41. The van der Waals surface area contributed by atoms with E-state index >= 15 is 0 Å². The van der Waals surface area contributed by atoms with Gasteiger partial charge in [0.2, 0.25) is 0 Å². The van der Waals surface area contributed by atoms with Crippen molar-refractivity contribution in [2.45, 2.75) is 33.3 Å². The number of aryl methyl sites for hydroxylation is 1. The largest absolute Gasteiger partial charge is 0.443 e. The highest BCUT2D eigenvalue weighted by Crippen LogP contribution is 2.20. The molecular weight excluding hydrogens is 240 g/mol. The maximum atomic E-state index is 11.8. The van der Waals surface area contributed by atoms with Crippen LogP contribution in [0, 0.1) is 6.92 Å². The van der Waals surface area contributed by atoms with Gasteiger partial charge in [0, 0.05) is 12.7 Å². The smallest absolute Gasteiger partial charge is 0.414 e. The van der Waals surface area contributed by atoms with E-state index in [0.29, 0.717) is 10.8 Å². The van der Waals surface area contributed by atoms with Crippen LogP contribution >= 0.6 is 11.6 Å². The first kappa shape index (κ1) is 13.8. The Hall–Kier alpha value is -1.29. The Balaban J connectivity index is 2.89. The molecule has 0 aliphatic heterocycles. The van der Waals surface area contributed by atoms with E-state index in [1.165, 1.54) is 4.90 Å². The Morgan fingerprint density at radius 3 is 2.47 bits per heavy atom. The van der Waals surface area contributed by atoms with Crippen molar-refractivity contribution in [1.29, 1.82) is 0 Å². The second-order valence-electron chi connectivity index (χ2n) is 4.83. The number of anilines is 1. The van der Waals surface area contributed by atoms with E-state index in [1.807, 2.05) is 27.7 Å². The van der Waals surface area contributed by atoms with Gasteiger partial charge in [0.05, 0.1) is 5.69 Å². The number of nitrogens with zero attached hydrogens (tertiary/aromatic N) is 2. The van der Waals surface area contributed by atoms with Crippen molar-refractivity contribution in [3.05, 3.63) is 23.0 Å². The Kier molecular flexibility index (Phi) is 3.98. The van der Waals surface area contributed by atoms with Crippen molar-refractivity contribution in [3.8, 4) is 0 Å². The Morgan fingerprint density at radius 2 is 2.00 bits per heavy atom. The van der Waals surface area contributed by atoms with E-state index in [2.05, 4.69) is 4.98 Å². The molecule has 0 aliphatic rings. The van der Waals surface area contributed by atoms with Gasteiger partial charge in [-0.25, -0.2) is 9.78 Å². The molecule has 0 aliphatic carbocycles. The quantitative estimate of drug-likeness (QED) is 0.723. The average Bonchev–Trinajstić information content (AvgIpc) is 2.12.